The molecule has 0 radical (unpaired) electrons. The van der Waals surface area contributed by atoms with Crippen LogP contribution < -0.4 is 0 Å². The summed E-state index contributed by atoms with van der Waals surface area (Å²) in [4.78, 5) is 12.1. The lowest BCUT2D eigenvalue weighted by Gasteiger charge is -2.23. The molecule has 1 unspecified atom stereocenters. The fraction of sp³-hybridized carbons (Fsp3) is 0.562. The highest BCUT2D eigenvalue weighted by Crippen LogP contribution is 2.37. The van der Waals surface area contributed by atoms with Gasteiger partial charge in [0.2, 0.25) is 0 Å². The summed E-state index contributed by atoms with van der Waals surface area (Å²) >= 11 is 0. The first-order valence-corrected chi connectivity index (χ1v) is 9.12. The zero-order valence-electron chi connectivity index (χ0n) is 12.8. The van der Waals surface area contributed by atoms with Crippen molar-refractivity contribution in [2.75, 3.05) is 13.4 Å². The molecule has 0 aromatic heterocycles. The zero-order valence-corrected chi connectivity index (χ0v) is 13.6. The van der Waals surface area contributed by atoms with Crippen molar-refractivity contribution in [2.45, 2.75) is 43.8 Å². The van der Waals surface area contributed by atoms with Crippen LogP contribution in [0, 0.1) is 0 Å². The number of fused-ring (bicyclic) bond motifs is 1. The summed E-state index contributed by atoms with van der Waals surface area (Å²) < 4.78 is 27.7. The Morgan fingerprint density at radius 1 is 1.29 bits per heavy atom. The minimum absolute atomic E-state index is 0.210. The molecule has 0 bridgehead atoms. The van der Waals surface area contributed by atoms with Crippen molar-refractivity contribution < 1.29 is 17.9 Å². The monoisotopic (exact) mass is 310 g/mol. The third-order valence-corrected chi connectivity index (χ3v) is 6.18. The molecule has 1 aliphatic carbocycles. The summed E-state index contributed by atoms with van der Waals surface area (Å²) in [6.07, 6.45) is 4.75. The molecule has 5 heteroatoms. The van der Waals surface area contributed by atoms with E-state index in [1.165, 1.54) is 12.7 Å². The third-order valence-electron chi connectivity index (χ3n) is 4.31. The molecule has 21 heavy (non-hydrogen) atoms. The molecule has 1 atom stereocenters. The van der Waals surface area contributed by atoms with Gasteiger partial charge in [0.15, 0.2) is 14.6 Å². The van der Waals surface area contributed by atoms with E-state index < -0.39 is 20.6 Å². The summed E-state index contributed by atoms with van der Waals surface area (Å²) in [6.45, 7) is 2.14. The van der Waals surface area contributed by atoms with Crippen molar-refractivity contribution >= 4 is 15.8 Å². The second kappa shape index (κ2) is 5.79. The number of aryl methyl sites for hydroxylation is 1. The van der Waals surface area contributed by atoms with Crippen molar-refractivity contribution in [1.29, 1.82) is 0 Å². The fourth-order valence-electron chi connectivity index (χ4n) is 2.97. The normalized spacial score (nSPS) is 21.1. The molecular formula is C16H22O4S. The standard InChI is InChI=1S/C16H22O4S/c1-4-5-6-12-7-8-13-10-16(15(17)20-2,21(3,18)19)11-14(13)9-12/h7-9H,4-6,10-11H2,1-3H3. The topological polar surface area (TPSA) is 60.4 Å². The molecule has 0 amide bonds. The second-order valence-corrected chi connectivity index (χ2v) is 8.14. The van der Waals surface area contributed by atoms with Crippen molar-refractivity contribution in [2.24, 2.45) is 0 Å². The number of ether oxygens (including phenoxy) is 1. The van der Waals surface area contributed by atoms with Gasteiger partial charge in [-0.1, -0.05) is 31.5 Å². The molecule has 0 spiro atoms. The molecule has 0 saturated carbocycles. The van der Waals surface area contributed by atoms with Crippen LogP contribution >= 0.6 is 0 Å². The van der Waals surface area contributed by atoms with E-state index in [1.807, 2.05) is 18.2 Å². The molecule has 0 fully saturated rings. The van der Waals surface area contributed by atoms with E-state index in [-0.39, 0.29) is 12.8 Å². The molecular weight excluding hydrogens is 288 g/mol. The Balaban J connectivity index is 2.38. The number of rotatable bonds is 5. The van der Waals surface area contributed by atoms with Crippen LogP contribution in [-0.2, 0) is 38.6 Å². The van der Waals surface area contributed by atoms with Gasteiger partial charge in [-0.25, -0.2) is 8.42 Å². The van der Waals surface area contributed by atoms with E-state index in [9.17, 15) is 13.2 Å². The van der Waals surface area contributed by atoms with Crippen LogP contribution in [0.1, 0.15) is 36.5 Å². The van der Waals surface area contributed by atoms with E-state index in [1.54, 1.807) is 0 Å². The second-order valence-electron chi connectivity index (χ2n) is 5.82. The van der Waals surface area contributed by atoms with Gasteiger partial charge in [0.1, 0.15) is 0 Å². The summed E-state index contributed by atoms with van der Waals surface area (Å²) in [6, 6.07) is 6.03. The van der Waals surface area contributed by atoms with Crippen LogP contribution in [-0.4, -0.2) is 32.5 Å². The predicted octanol–water partition coefficient (Wildman–Crippen LogP) is 2.08. The fourth-order valence-corrected chi connectivity index (χ4v) is 4.20. The Morgan fingerprint density at radius 3 is 2.52 bits per heavy atom. The molecule has 1 aromatic rings. The number of carbonyl (C=O) groups is 1. The number of methoxy groups -OCH3 is 1. The maximum absolute atomic E-state index is 12.2. The van der Waals surface area contributed by atoms with E-state index in [2.05, 4.69) is 6.92 Å². The Kier molecular flexibility index (Phi) is 4.42. The summed E-state index contributed by atoms with van der Waals surface area (Å²) in [5.41, 5.74) is 3.09. The highest BCUT2D eigenvalue weighted by atomic mass is 32.2. The first-order chi connectivity index (χ1) is 9.84. The Morgan fingerprint density at radius 2 is 1.95 bits per heavy atom. The number of hydrogen-bond acceptors (Lipinski definition) is 4. The van der Waals surface area contributed by atoms with Crippen LogP contribution in [0.2, 0.25) is 0 Å². The first kappa shape index (κ1) is 16.0. The minimum Gasteiger partial charge on any atom is -0.468 e. The quantitative estimate of drug-likeness (QED) is 0.781. The van der Waals surface area contributed by atoms with Crippen molar-refractivity contribution in [1.82, 2.24) is 0 Å². The summed E-state index contributed by atoms with van der Waals surface area (Å²) in [7, 11) is -2.31. The van der Waals surface area contributed by atoms with Gasteiger partial charge in [0, 0.05) is 19.1 Å². The van der Waals surface area contributed by atoms with Gasteiger partial charge in [-0.05, 0) is 29.5 Å². The number of hydrogen-bond donors (Lipinski definition) is 0. The third kappa shape index (κ3) is 2.84. The van der Waals surface area contributed by atoms with Crippen molar-refractivity contribution in [3.63, 3.8) is 0 Å². The maximum Gasteiger partial charge on any atom is 0.327 e. The number of sulfone groups is 1. The van der Waals surface area contributed by atoms with Gasteiger partial charge < -0.3 is 4.74 Å². The van der Waals surface area contributed by atoms with E-state index in [0.717, 1.165) is 36.6 Å². The van der Waals surface area contributed by atoms with E-state index >= 15 is 0 Å². The highest BCUT2D eigenvalue weighted by Gasteiger charge is 2.53. The summed E-state index contributed by atoms with van der Waals surface area (Å²) in [5.74, 6) is -0.656. The molecule has 0 N–H and O–H groups in total. The molecule has 2 rings (SSSR count). The van der Waals surface area contributed by atoms with Crippen molar-refractivity contribution in [3.8, 4) is 0 Å². The van der Waals surface area contributed by atoms with Gasteiger partial charge >= 0.3 is 5.97 Å². The van der Waals surface area contributed by atoms with Crippen LogP contribution in [0.3, 0.4) is 0 Å². The van der Waals surface area contributed by atoms with Crippen LogP contribution in [0.4, 0.5) is 0 Å². The maximum atomic E-state index is 12.2. The van der Waals surface area contributed by atoms with E-state index in [4.69, 9.17) is 4.74 Å². The molecule has 1 aliphatic rings. The number of benzene rings is 1. The molecule has 0 aliphatic heterocycles. The lowest BCUT2D eigenvalue weighted by molar-refractivity contribution is -0.143. The molecule has 4 nitrogen and oxygen atoms in total. The molecule has 0 saturated heterocycles. The van der Waals surface area contributed by atoms with Gasteiger partial charge in [0.25, 0.3) is 0 Å². The predicted molar refractivity (Wildman–Crippen MR) is 82.1 cm³/mol. The van der Waals surface area contributed by atoms with Gasteiger partial charge in [-0.3, -0.25) is 4.79 Å². The number of carbonyl (C=O) groups excluding carboxylic acids is 1. The average Bonchev–Trinajstić information content (AvgIpc) is 2.83. The van der Waals surface area contributed by atoms with Crippen LogP contribution in [0.15, 0.2) is 18.2 Å². The van der Waals surface area contributed by atoms with Crippen LogP contribution in [0.25, 0.3) is 0 Å². The summed E-state index contributed by atoms with van der Waals surface area (Å²) in [5, 5.41) is 0. The number of unbranched alkanes of at least 4 members (excludes halogenated alkanes) is 1. The highest BCUT2D eigenvalue weighted by molar-refractivity contribution is 7.92. The molecule has 116 valence electrons. The largest absolute Gasteiger partial charge is 0.468 e. The molecule has 0 heterocycles. The average molecular weight is 310 g/mol. The zero-order chi connectivity index (χ0) is 15.7. The van der Waals surface area contributed by atoms with Gasteiger partial charge in [-0.15, -0.1) is 0 Å². The number of esters is 1. The van der Waals surface area contributed by atoms with E-state index in [0.29, 0.717) is 0 Å². The lowest BCUT2D eigenvalue weighted by atomic mass is 10.0. The smallest absolute Gasteiger partial charge is 0.327 e. The SMILES string of the molecule is CCCCc1ccc2c(c1)CC(C(=O)OC)(S(C)(=O)=O)C2. The Labute approximate surface area is 126 Å². The lowest BCUT2D eigenvalue weighted by Crippen LogP contribution is -2.47. The Bertz CT molecular complexity index is 648. The Hall–Kier alpha value is -1.36. The first-order valence-electron chi connectivity index (χ1n) is 7.23. The van der Waals surface area contributed by atoms with Crippen LogP contribution in [0.5, 0.6) is 0 Å². The minimum atomic E-state index is -3.55. The van der Waals surface area contributed by atoms with Gasteiger partial charge in [0.05, 0.1) is 7.11 Å². The van der Waals surface area contributed by atoms with Crippen molar-refractivity contribution in [3.05, 3.63) is 34.9 Å². The van der Waals surface area contributed by atoms with Gasteiger partial charge in [-0.2, -0.15) is 0 Å². The molecule has 1 aromatic carbocycles.